The van der Waals surface area contributed by atoms with E-state index >= 15 is 0 Å². The van der Waals surface area contributed by atoms with Crippen LogP contribution in [0.2, 0.25) is 0 Å². The fourth-order valence-electron chi connectivity index (χ4n) is 3.43. The molecule has 0 amide bonds. The van der Waals surface area contributed by atoms with Crippen LogP contribution in [0.15, 0.2) is 46.1 Å². The number of nitrogens with zero attached hydrogens (tertiary/aromatic N) is 4. The first kappa shape index (κ1) is 26.4. The van der Waals surface area contributed by atoms with Crippen LogP contribution in [0.25, 0.3) is 0 Å². The van der Waals surface area contributed by atoms with Gasteiger partial charge in [0.15, 0.2) is 5.96 Å². The van der Waals surface area contributed by atoms with E-state index in [1.54, 1.807) is 13.1 Å². The lowest BCUT2D eigenvalue weighted by Crippen LogP contribution is -2.54. The molecule has 3 rings (SSSR count). The van der Waals surface area contributed by atoms with Gasteiger partial charge in [-0.05, 0) is 30.5 Å². The fourth-order valence-corrected chi connectivity index (χ4v) is 4.85. The Bertz CT molecular complexity index is 945. The highest BCUT2D eigenvalue weighted by molar-refractivity contribution is 14.0. The quantitative estimate of drug-likeness (QED) is 0.278. The largest absolute Gasteiger partial charge is 0.494 e. The van der Waals surface area contributed by atoms with Gasteiger partial charge in [0.1, 0.15) is 17.8 Å². The molecule has 0 radical (unpaired) electrons. The Hall–Kier alpha value is -1.86. The van der Waals surface area contributed by atoms with Crippen LogP contribution in [0.3, 0.4) is 0 Å². The number of aromatic nitrogens is 1. The Balaban J connectivity index is 0.00000363. The molecule has 9 nitrogen and oxygen atoms in total. The zero-order chi connectivity index (χ0) is 22.1. The molecule has 0 atom stereocenters. The molecular formula is C21H32IN5O4S. The van der Waals surface area contributed by atoms with Gasteiger partial charge < -0.3 is 19.5 Å². The van der Waals surface area contributed by atoms with Gasteiger partial charge in [-0.15, -0.1) is 24.0 Å². The molecule has 1 aliphatic heterocycles. The molecule has 0 aliphatic carbocycles. The summed E-state index contributed by atoms with van der Waals surface area (Å²) in [4.78, 5) is 6.45. The van der Waals surface area contributed by atoms with E-state index in [9.17, 15) is 8.42 Å². The second kappa shape index (κ2) is 13.0. The van der Waals surface area contributed by atoms with Crippen molar-refractivity contribution in [2.24, 2.45) is 4.99 Å². The monoisotopic (exact) mass is 577 g/mol. The van der Waals surface area contributed by atoms with E-state index in [4.69, 9.17) is 9.26 Å². The zero-order valence-corrected chi connectivity index (χ0v) is 21.7. The van der Waals surface area contributed by atoms with E-state index in [1.807, 2.05) is 12.1 Å². The summed E-state index contributed by atoms with van der Waals surface area (Å²) in [6.07, 6.45) is 3.21. The number of halogens is 1. The van der Waals surface area contributed by atoms with Crippen molar-refractivity contribution in [3.05, 3.63) is 47.9 Å². The molecule has 1 saturated heterocycles. The van der Waals surface area contributed by atoms with E-state index in [2.05, 4.69) is 39.4 Å². The van der Waals surface area contributed by atoms with Crippen molar-refractivity contribution in [2.45, 2.75) is 25.5 Å². The Labute approximate surface area is 207 Å². The summed E-state index contributed by atoms with van der Waals surface area (Å²) in [5, 5.41) is 7.09. The molecule has 0 bridgehead atoms. The molecule has 1 N–H and O–H groups in total. The fraction of sp³-hybridized carbons (Fsp3) is 0.524. The number of nitrogens with one attached hydrogen (secondary N) is 1. The lowest BCUT2D eigenvalue weighted by atomic mass is 10.1. The second-order valence-electron chi connectivity index (χ2n) is 7.35. The lowest BCUT2D eigenvalue weighted by Gasteiger charge is -2.35. The molecule has 2 heterocycles. The molecule has 0 spiro atoms. The van der Waals surface area contributed by atoms with Crippen molar-refractivity contribution in [2.75, 3.05) is 46.4 Å². The number of hydrogen-bond acceptors (Lipinski definition) is 6. The van der Waals surface area contributed by atoms with Crippen LogP contribution >= 0.6 is 24.0 Å². The van der Waals surface area contributed by atoms with E-state index in [0.29, 0.717) is 38.5 Å². The predicted octanol–water partition coefficient (Wildman–Crippen LogP) is 2.35. The van der Waals surface area contributed by atoms with E-state index in [0.717, 1.165) is 31.1 Å². The van der Waals surface area contributed by atoms with Crippen molar-refractivity contribution in [1.82, 2.24) is 19.7 Å². The first-order valence-corrected chi connectivity index (χ1v) is 12.2. The lowest BCUT2D eigenvalue weighted by molar-refractivity contribution is 0.260. The van der Waals surface area contributed by atoms with Crippen LogP contribution in [0.4, 0.5) is 0 Å². The van der Waals surface area contributed by atoms with Gasteiger partial charge in [-0.25, -0.2) is 8.42 Å². The number of ether oxygens (including phenoxy) is 1. The summed E-state index contributed by atoms with van der Waals surface area (Å²) in [5.41, 5.74) is 1.62. The molecule has 2 aromatic rings. The minimum Gasteiger partial charge on any atom is -0.494 e. The number of aliphatic imine (C=N–C) groups is 1. The second-order valence-corrected chi connectivity index (χ2v) is 9.32. The third kappa shape index (κ3) is 7.62. The summed E-state index contributed by atoms with van der Waals surface area (Å²) in [6.45, 7) is 5.53. The van der Waals surface area contributed by atoms with Crippen LogP contribution in [0, 0.1) is 0 Å². The van der Waals surface area contributed by atoms with Crippen LogP contribution < -0.4 is 10.1 Å². The van der Waals surface area contributed by atoms with Gasteiger partial charge in [-0.1, -0.05) is 24.2 Å². The van der Waals surface area contributed by atoms with E-state index in [1.165, 1.54) is 16.1 Å². The average Bonchev–Trinajstić information content (AvgIpc) is 3.28. The number of benzene rings is 1. The van der Waals surface area contributed by atoms with Crippen molar-refractivity contribution in [3.8, 4) is 5.75 Å². The first-order valence-electron chi connectivity index (χ1n) is 10.6. The predicted molar refractivity (Wildman–Crippen MR) is 135 cm³/mol. The third-order valence-electron chi connectivity index (χ3n) is 5.03. The van der Waals surface area contributed by atoms with Crippen molar-refractivity contribution < 1.29 is 17.7 Å². The minimum atomic E-state index is -3.41. The maximum atomic E-state index is 12.6. The van der Waals surface area contributed by atoms with Crippen molar-refractivity contribution in [1.29, 1.82) is 0 Å². The van der Waals surface area contributed by atoms with Crippen LogP contribution in [0.1, 0.15) is 24.6 Å². The number of rotatable bonds is 9. The maximum absolute atomic E-state index is 12.6. The van der Waals surface area contributed by atoms with Gasteiger partial charge in [0, 0.05) is 45.8 Å². The van der Waals surface area contributed by atoms with Gasteiger partial charge >= 0.3 is 0 Å². The van der Waals surface area contributed by atoms with Gasteiger partial charge in [0.2, 0.25) is 10.0 Å². The van der Waals surface area contributed by atoms with Crippen LogP contribution in [0.5, 0.6) is 5.75 Å². The minimum absolute atomic E-state index is 0. The molecule has 1 aromatic carbocycles. The van der Waals surface area contributed by atoms with E-state index in [-0.39, 0.29) is 29.7 Å². The van der Waals surface area contributed by atoms with E-state index < -0.39 is 10.0 Å². The SMILES string of the molecule is CCCOc1cccc(CCNC(=NC)N2CCN(S(=O)(=O)Cc3ccon3)CC2)c1.I. The first-order chi connectivity index (χ1) is 15.0. The van der Waals surface area contributed by atoms with Gasteiger partial charge in [-0.3, -0.25) is 4.99 Å². The number of guanidine groups is 1. The highest BCUT2D eigenvalue weighted by Crippen LogP contribution is 2.15. The molecule has 11 heteroatoms. The van der Waals surface area contributed by atoms with Gasteiger partial charge in [-0.2, -0.15) is 4.31 Å². The summed E-state index contributed by atoms with van der Waals surface area (Å²) in [7, 11) is -1.67. The smallest absolute Gasteiger partial charge is 0.220 e. The summed E-state index contributed by atoms with van der Waals surface area (Å²) < 4.78 is 37.1. The molecule has 178 valence electrons. The number of hydrogen-bond donors (Lipinski definition) is 1. The van der Waals surface area contributed by atoms with Gasteiger partial charge in [0.05, 0.1) is 12.3 Å². The van der Waals surface area contributed by atoms with Crippen molar-refractivity contribution >= 4 is 40.0 Å². The third-order valence-corrected chi connectivity index (χ3v) is 6.85. The average molecular weight is 577 g/mol. The topological polar surface area (TPSA) is 100 Å². The molecular weight excluding hydrogens is 545 g/mol. The molecule has 1 fully saturated rings. The number of piperazine rings is 1. The Morgan fingerprint density at radius 3 is 2.69 bits per heavy atom. The molecule has 0 saturated carbocycles. The van der Waals surface area contributed by atoms with Gasteiger partial charge in [0.25, 0.3) is 0 Å². The summed E-state index contributed by atoms with van der Waals surface area (Å²) in [6, 6.07) is 9.71. The standard InChI is InChI=1S/C21H31N5O4S.HI/c1-3-14-29-20-6-4-5-18(16-20)7-9-23-21(22-2)25-10-12-26(13-11-25)31(27,28)17-19-8-15-30-24-19;/h4-6,8,15-16H,3,7,9-14,17H2,1-2H3,(H,22,23);1H. The summed E-state index contributed by atoms with van der Waals surface area (Å²) in [5.74, 6) is 1.54. The molecule has 0 unspecified atom stereocenters. The Kier molecular flexibility index (Phi) is 10.7. The van der Waals surface area contributed by atoms with Crippen LogP contribution in [-0.2, 0) is 22.2 Å². The summed E-state index contributed by atoms with van der Waals surface area (Å²) >= 11 is 0. The highest BCUT2D eigenvalue weighted by Gasteiger charge is 2.28. The Morgan fingerprint density at radius 1 is 1.25 bits per heavy atom. The number of sulfonamides is 1. The molecule has 1 aliphatic rings. The maximum Gasteiger partial charge on any atom is 0.220 e. The Morgan fingerprint density at radius 2 is 2.03 bits per heavy atom. The molecule has 1 aromatic heterocycles. The highest BCUT2D eigenvalue weighted by atomic mass is 127. The van der Waals surface area contributed by atoms with Crippen molar-refractivity contribution in [3.63, 3.8) is 0 Å². The normalized spacial score (nSPS) is 15.3. The molecule has 32 heavy (non-hydrogen) atoms. The zero-order valence-electron chi connectivity index (χ0n) is 18.6. The van der Waals surface area contributed by atoms with Crippen LogP contribution in [-0.4, -0.2) is 75.1 Å².